The predicted molar refractivity (Wildman–Crippen MR) is 202 cm³/mol. The SMILES string of the molecule is CCCCCCCCCCC/C=C\CCCCC(=O)O[C@H]1CC[C@@]2(C)C(=CC[C@@H]3[C@@H]2CC[C@]2(C)C([C@H](C)CCCC(C)C)CC[C@@H]32)C1. The summed E-state index contributed by atoms with van der Waals surface area (Å²) in [5, 5.41) is 0. The fourth-order valence-corrected chi connectivity index (χ4v) is 11.3. The summed E-state index contributed by atoms with van der Waals surface area (Å²) in [4.78, 5) is 12.8. The van der Waals surface area contributed by atoms with Crippen LogP contribution in [0.25, 0.3) is 0 Å². The molecule has 0 bridgehead atoms. The highest BCUT2D eigenvalue weighted by Gasteiger charge is 2.59. The van der Waals surface area contributed by atoms with E-state index in [1.165, 1.54) is 122 Å². The van der Waals surface area contributed by atoms with Crippen molar-refractivity contribution < 1.29 is 9.53 Å². The first kappa shape index (κ1) is 38.7. The van der Waals surface area contributed by atoms with Crippen molar-refractivity contribution >= 4 is 5.97 Å². The molecule has 0 radical (unpaired) electrons. The van der Waals surface area contributed by atoms with E-state index < -0.39 is 0 Å². The molecule has 0 heterocycles. The topological polar surface area (TPSA) is 26.3 Å². The van der Waals surface area contributed by atoms with Crippen LogP contribution in [0, 0.1) is 46.3 Å². The number of esters is 1. The predicted octanol–water partition coefficient (Wildman–Crippen LogP) is 14.0. The van der Waals surface area contributed by atoms with Crippen molar-refractivity contribution in [2.24, 2.45) is 46.3 Å². The number of carbonyl (C=O) groups is 1. The molecule has 4 aliphatic carbocycles. The zero-order chi connectivity index (χ0) is 33.7. The van der Waals surface area contributed by atoms with Crippen molar-refractivity contribution in [1.82, 2.24) is 0 Å². The lowest BCUT2D eigenvalue weighted by Gasteiger charge is -2.58. The van der Waals surface area contributed by atoms with Gasteiger partial charge in [0.1, 0.15) is 6.10 Å². The molecule has 3 fully saturated rings. The molecule has 4 rings (SSSR count). The number of rotatable bonds is 21. The second kappa shape index (κ2) is 19.4. The van der Waals surface area contributed by atoms with Crippen molar-refractivity contribution in [2.45, 2.75) is 208 Å². The van der Waals surface area contributed by atoms with E-state index in [4.69, 9.17) is 4.74 Å². The summed E-state index contributed by atoms with van der Waals surface area (Å²) in [6.07, 6.45) is 39.5. The van der Waals surface area contributed by atoms with Gasteiger partial charge in [0, 0.05) is 12.8 Å². The molecule has 2 heteroatoms. The maximum absolute atomic E-state index is 12.8. The molecule has 47 heavy (non-hydrogen) atoms. The van der Waals surface area contributed by atoms with E-state index >= 15 is 0 Å². The molecule has 0 N–H and O–H groups in total. The third kappa shape index (κ3) is 10.7. The monoisotopic (exact) mass is 651 g/mol. The van der Waals surface area contributed by atoms with Crippen LogP contribution in [-0.2, 0) is 9.53 Å². The Balaban J connectivity index is 1.12. The number of carbonyl (C=O) groups excluding carboxylic acids is 1. The molecular weight excluding hydrogens is 572 g/mol. The largest absolute Gasteiger partial charge is 0.462 e. The van der Waals surface area contributed by atoms with Crippen LogP contribution >= 0.6 is 0 Å². The normalized spacial score (nSPS) is 32.6. The molecule has 0 saturated heterocycles. The highest BCUT2D eigenvalue weighted by molar-refractivity contribution is 5.69. The third-order valence-corrected chi connectivity index (χ3v) is 14.2. The Hall–Kier alpha value is -1.05. The van der Waals surface area contributed by atoms with Gasteiger partial charge in [-0.2, -0.15) is 0 Å². The third-order valence-electron chi connectivity index (χ3n) is 14.2. The molecule has 0 aromatic carbocycles. The molecule has 0 spiro atoms. The first-order chi connectivity index (χ1) is 22.7. The minimum atomic E-state index is 0.0412. The summed E-state index contributed by atoms with van der Waals surface area (Å²) >= 11 is 0. The molecule has 270 valence electrons. The highest BCUT2D eigenvalue weighted by Crippen LogP contribution is 2.67. The second-order valence-corrected chi connectivity index (χ2v) is 18.0. The molecule has 8 atom stereocenters. The molecule has 0 amide bonds. The lowest BCUT2D eigenvalue weighted by atomic mass is 9.47. The van der Waals surface area contributed by atoms with Crippen molar-refractivity contribution in [3.8, 4) is 0 Å². The van der Waals surface area contributed by atoms with Crippen LogP contribution in [0.5, 0.6) is 0 Å². The summed E-state index contributed by atoms with van der Waals surface area (Å²) in [6, 6.07) is 0. The Kier molecular flexibility index (Phi) is 16.0. The average molecular weight is 651 g/mol. The van der Waals surface area contributed by atoms with Gasteiger partial charge < -0.3 is 4.74 Å². The second-order valence-electron chi connectivity index (χ2n) is 18.0. The Labute approximate surface area is 293 Å². The number of fused-ring (bicyclic) bond motifs is 5. The van der Waals surface area contributed by atoms with Crippen molar-refractivity contribution in [2.75, 3.05) is 0 Å². The van der Waals surface area contributed by atoms with E-state index in [1.807, 2.05) is 0 Å². The van der Waals surface area contributed by atoms with Gasteiger partial charge in [0.05, 0.1) is 0 Å². The standard InChI is InChI=1S/C45H78O2/c1-7-8-9-10-11-12-13-14-15-16-17-18-19-20-21-25-43(46)47-38-30-32-44(5)37(34-38)26-27-39-41-29-28-40(36(4)24-22-23-35(2)3)45(41,6)33-31-42(39)44/h17-18,26,35-36,38-42H,7-16,19-25,27-34H2,1-6H3/b18-17-/t36-,38+,39+,40?,41+,42+,44+,45-/m1/s1. The Morgan fingerprint density at radius 1 is 0.809 bits per heavy atom. The number of hydrogen-bond donors (Lipinski definition) is 0. The van der Waals surface area contributed by atoms with Gasteiger partial charge in [-0.1, -0.05) is 136 Å². The van der Waals surface area contributed by atoms with Crippen LogP contribution in [0.4, 0.5) is 0 Å². The van der Waals surface area contributed by atoms with Crippen LogP contribution in [0.3, 0.4) is 0 Å². The van der Waals surface area contributed by atoms with Crippen LogP contribution in [0.1, 0.15) is 202 Å². The maximum Gasteiger partial charge on any atom is 0.306 e. The minimum Gasteiger partial charge on any atom is -0.462 e. The first-order valence-electron chi connectivity index (χ1n) is 21.2. The number of unbranched alkanes of at least 4 members (excludes halogenated alkanes) is 11. The van der Waals surface area contributed by atoms with Gasteiger partial charge >= 0.3 is 5.97 Å². The van der Waals surface area contributed by atoms with E-state index in [9.17, 15) is 4.79 Å². The molecule has 0 aromatic rings. The molecule has 0 aromatic heterocycles. The summed E-state index contributed by atoms with van der Waals surface area (Å²) in [5.41, 5.74) is 2.52. The molecular formula is C45H78O2. The van der Waals surface area contributed by atoms with Gasteiger partial charge in [-0.3, -0.25) is 4.79 Å². The number of allylic oxidation sites excluding steroid dienone is 3. The summed E-state index contributed by atoms with van der Waals surface area (Å²) in [5.74, 6) is 5.29. The summed E-state index contributed by atoms with van der Waals surface area (Å²) in [6.45, 7) is 14.9. The lowest BCUT2D eigenvalue weighted by molar-refractivity contribution is -0.151. The number of ether oxygens (including phenoxy) is 1. The zero-order valence-electron chi connectivity index (χ0n) is 32.3. The Morgan fingerprint density at radius 3 is 2.19 bits per heavy atom. The molecule has 2 nitrogen and oxygen atoms in total. The quantitative estimate of drug-likeness (QED) is 0.0702. The van der Waals surface area contributed by atoms with Gasteiger partial charge in [0.2, 0.25) is 0 Å². The summed E-state index contributed by atoms with van der Waals surface area (Å²) < 4.78 is 6.12. The molecule has 1 unspecified atom stereocenters. The van der Waals surface area contributed by atoms with E-state index in [-0.39, 0.29) is 12.1 Å². The molecule has 0 aliphatic heterocycles. The number of hydrogen-bond acceptors (Lipinski definition) is 2. The molecule has 4 aliphatic rings. The first-order valence-corrected chi connectivity index (χ1v) is 21.2. The maximum atomic E-state index is 12.8. The van der Waals surface area contributed by atoms with Crippen LogP contribution < -0.4 is 0 Å². The van der Waals surface area contributed by atoms with Gasteiger partial charge in [0.15, 0.2) is 0 Å². The van der Waals surface area contributed by atoms with Gasteiger partial charge in [0.25, 0.3) is 0 Å². The smallest absolute Gasteiger partial charge is 0.306 e. The molecule has 3 saturated carbocycles. The highest BCUT2D eigenvalue weighted by atomic mass is 16.5. The van der Waals surface area contributed by atoms with Crippen LogP contribution in [0.2, 0.25) is 0 Å². The Morgan fingerprint density at radius 2 is 1.49 bits per heavy atom. The van der Waals surface area contributed by atoms with Crippen LogP contribution in [0.15, 0.2) is 23.8 Å². The van der Waals surface area contributed by atoms with E-state index in [0.717, 1.165) is 67.6 Å². The van der Waals surface area contributed by atoms with Crippen molar-refractivity contribution in [3.63, 3.8) is 0 Å². The minimum absolute atomic E-state index is 0.0412. The van der Waals surface area contributed by atoms with Gasteiger partial charge in [-0.05, 0) is 123 Å². The van der Waals surface area contributed by atoms with E-state index in [0.29, 0.717) is 17.3 Å². The van der Waals surface area contributed by atoms with E-state index in [1.54, 1.807) is 5.57 Å². The summed E-state index contributed by atoms with van der Waals surface area (Å²) in [7, 11) is 0. The van der Waals surface area contributed by atoms with Gasteiger partial charge in [-0.25, -0.2) is 0 Å². The fraction of sp³-hybridized carbons (Fsp3) is 0.889. The van der Waals surface area contributed by atoms with Crippen molar-refractivity contribution in [1.29, 1.82) is 0 Å². The Bertz CT molecular complexity index is 976. The van der Waals surface area contributed by atoms with Gasteiger partial charge in [-0.15, -0.1) is 0 Å². The fourth-order valence-electron chi connectivity index (χ4n) is 11.3. The van der Waals surface area contributed by atoms with Crippen LogP contribution in [-0.4, -0.2) is 12.1 Å². The average Bonchev–Trinajstić information content (AvgIpc) is 3.40. The van der Waals surface area contributed by atoms with E-state index in [2.05, 4.69) is 59.8 Å². The zero-order valence-corrected chi connectivity index (χ0v) is 32.3. The lowest BCUT2D eigenvalue weighted by Crippen LogP contribution is -2.51. The van der Waals surface area contributed by atoms with Crippen molar-refractivity contribution in [3.05, 3.63) is 23.8 Å².